The van der Waals surface area contributed by atoms with Crippen LogP contribution in [0.5, 0.6) is 0 Å². The third-order valence-electron chi connectivity index (χ3n) is 6.07. The van der Waals surface area contributed by atoms with Crippen molar-refractivity contribution in [2.24, 2.45) is 0 Å². The Balaban J connectivity index is 1.39. The number of alkyl halides is 3. The maximum atomic E-state index is 13.1. The van der Waals surface area contributed by atoms with Crippen LogP contribution in [0.3, 0.4) is 0 Å². The van der Waals surface area contributed by atoms with Crippen LogP contribution in [0, 0.1) is 0 Å². The number of rotatable bonds is 7. The maximum absolute atomic E-state index is 13.1. The topological polar surface area (TPSA) is 65.6 Å². The van der Waals surface area contributed by atoms with E-state index in [1.54, 1.807) is 23.9 Å². The van der Waals surface area contributed by atoms with Gasteiger partial charge in [-0.3, -0.25) is 5.10 Å². The molecule has 186 valence electrons. The average molecular weight is 510 g/mol. The first-order chi connectivity index (χ1) is 17.4. The molecule has 9 heteroatoms. The van der Waals surface area contributed by atoms with Gasteiger partial charge in [0, 0.05) is 27.5 Å². The second-order valence-electron chi connectivity index (χ2n) is 8.84. The van der Waals surface area contributed by atoms with Crippen LogP contribution < -0.4 is 10.6 Å². The second-order valence-corrected chi connectivity index (χ2v) is 9.99. The first kappa shape index (κ1) is 24.2. The van der Waals surface area contributed by atoms with Gasteiger partial charge < -0.3 is 10.6 Å². The molecule has 3 N–H and O–H groups in total. The lowest BCUT2D eigenvalue weighted by Gasteiger charge is -2.23. The van der Waals surface area contributed by atoms with E-state index in [9.17, 15) is 13.2 Å². The number of aromatic nitrogens is 3. The molecule has 1 saturated carbocycles. The molecule has 0 saturated heterocycles. The fourth-order valence-electron chi connectivity index (χ4n) is 4.31. The number of benzene rings is 2. The zero-order valence-electron chi connectivity index (χ0n) is 19.5. The van der Waals surface area contributed by atoms with Gasteiger partial charge >= 0.3 is 6.18 Å². The van der Waals surface area contributed by atoms with Crippen LogP contribution >= 0.6 is 11.8 Å². The molecule has 0 atom stereocenters. The molecule has 0 spiro atoms. The fourth-order valence-corrected chi connectivity index (χ4v) is 5.22. The predicted octanol–water partition coefficient (Wildman–Crippen LogP) is 8.13. The smallest absolute Gasteiger partial charge is 0.367 e. The number of H-pyrrole nitrogens is 1. The number of aromatic amines is 1. The first-order valence-electron chi connectivity index (χ1n) is 11.9. The van der Waals surface area contributed by atoms with Crippen LogP contribution in [-0.2, 0) is 6.18 Å². The molecule has 1 fully saturated rings. The molecular weight excluding hydrogens is 483 g/mol. The van der Waals surface area contributed by atoms with Crippen molar-refractivity contribution < 1.29 is 13.2 Å². The van der Waals surface area contributed by atoms with Gasteiger partial charge in [0.1, 0.15) is 11.6 Å². The second kappa shape index (κ2) is 10.7. The van der Waals surface area contributed by atoms with Gasteiger partial charge in [-0.05, 0) is 49.2 Å². The van der Waals surface area contributed by atoms with E-state index in [-0.39, 0.29) is 0 Å². The summed E-state index contributed by atoms with van der Waals surface area (Å²) in [6.07, 6.45) is 1.55. The number of anilines is 3. The summed E-state index contributed by atoms with van der Waals surface area (Å²) >= 11 is 1.64. The van der Waals surface area contributed by atoms with Gasteiger partial charge in [0.25, 0.3) is 0 Å². The third kappa shape index (κ3) is 6.20. The van der Waals surface area contributed by atoms with Crippen molar-refractivity contribution in [1.82, 2.24) is 15.2 Å². The Morgan fingerprint density at radius 3 is 2.36 bits per heavy atom. The van der Waals surface area contributed by atoms with Crippen molar-refractivity contribution >= 4 is 29.2 Å². The van der Waals surface area contributed by atoms with Gasteiger partial charge in [0.2, 0.25) is 0 Å². The van der Waals surface area contributed by atoms with Crippen LogP contribution in [0.15, 0.2) is 82.6 Å². The minimum atomic E-state index is -4.40. The van der Waals surface area contributed by atoms with Gasteiger partial charge in [-0.2, -0.15) is 18.3 Å². The molecule has 1 aliphatic rings. The Hall–Kier alpha value is -3.46. The molecule has 0 unspecified atom stereocenters. The van der Waals surface area contributed by atoms with Crippen molar-refractivity contribution in [2.75, 3.05) is 10.6 Å². The molecule has 0 radical (unpaired) electrons. The van der Waals surface area contributed by atoms with Crippen molar-refractivity contribution in [3.8, 4) is 11.3 Å². The monoisotopic (exact) mass is 509 g/mol. The summed E-state index contributed by atoms with van der Waals surface area (Å²) in [4.78, 5) is 6.89. The van der Waals surface area contributed by atoms with E-state index >= 15 is 0 Å². The highest BCUT2D eigenvalue weighted by Crippen LogP contribution is 2.34. The van der Waals surface area contributed by atoms with E-state index in [4.69, 9.17) is 4.98 Å². The van der Waals surface area contributed by atoms with E-state index in [0.717, 1.165) is 40.6 Å². The maximum Gasteiger partial charge on any atom is 0.416 e. The SMILES string of the molecule is FC(F)(F)c1cccc(-c2cc(Nc3cc(Sc4ccccc4)cc(NC4CCCCC4)n3)n[nH]2)c1. The lowest BCUT2D eigenvalue weighted by molar-refractivity contribution is -0.137. The molecule has 2 aromatic carbocycles. The zero-order valence-corrected chi connectivity index (χ0v) is 20.3. The summed E-state index contributed by atoms with van der Waals surface area (Å²) < 4.78 is 39.4. The number of pyridine rings is 1. The number of nitrogens with zero attached hydrogens (tertiary/aromatic N) is 2. The van der Waals surface area contributed by atoms with Crippen LogP contribution in [0.4, 0.5) is 30.6 Å². The highest BCUT2D eigenvalue weighted by molar-refractivity contribution is 7.99. The summed E-state index contributed by atoms with van der Waals surface area (Å²) in [5.41, 5.74) is 0.195. The first-order valence-corrected chi connectivity index (χ1v) is 12.8. The molecule has 5 nitrogen and oxygen atoms in total. The minimum absolute atomic E-state index is 0.397. The van der Waals surface area contributed by atoms with Crippen molar-refractivity contribution in [1.29, 1.82) is 0 Å². The van der Waals surface area contributed by atoms with E-state index in [0.29, 0.717) is 28.9 Å². The molecular formula is C27H26F3N5S. The molecule has 2 heterocycles. The number of hydrogen-bond acceptors (Lipinski definition) is 5. The van der Waals surface area contributed by atoms with Gasteiger partial charge in [-0.15, -0.1) is 0 Å². The van der Waals surface area contributed by atoms with Crippen LogP contribution in [0.2, 0.25) is 0 Å². The molecule has 0 bridgehead atoms. The Morgan fingerprint density at radius 1 is 0.806 bits per heavy atom. The molecule has 0 aliphatic heterocycles. The predicted molar refractivity (Wildman–Crippen MR) is 138 cm³/mol. The Bertz CT molecular complexity index is 1300. The van der Waals surface area contributed by atoms with Crippen LogP contribution in [0.1, 0.15) is 37.7 Å². The minimum Gasteiger partial charge on any atom is -0.367 e. The number of halogens is 3. The lowest BCUT2D eigenvalue weighted by Crippen LogP contribution is -2.22. The molecule has 1 aliphatic carbocycles. The summed E-state index contributed by atoms with van der Waals surface area (Å²) in [5, 5.41) is 13.9. The Kier molecular flexibility index (Phi) is 7.18. The van der Waals surface area contributed by atoms with Gasteiger partial charge in [0.15, 0.2) is 5.82 Å². The highest BCUT2D eigenvalue weighted by Gasteiger charge is 2.30. The number of hydrogen-bond donors (Lipinski definition) is 3. The average Bonchev–Trinajstić information content (AvgIpc) is 3.33. The zero-order chi connectivity index (χ0) is 25.0. The summed E-state index contributed by atoms with van der Waals surface area (Å²) in [6, 6.07) is 21.4. The molecule has 5 rings (SSSR count). The normalized spacial score (nSPS) is 14.5. The largest absolute Gasteiger partial charge is 0.416 e. The van der Waals surface area contributed by atoms with E-state index in [1.807, 2.05) is 24.3 Å². The quantitative estimate of drug-likeness (QED) is 0.235. The summed E-state index contributed by atoms with van der Waals surface area (Å²) in [6.45, 7) is 0. The molecule has 0 amide bonds. The van der Waals surface area contributed by atoms with Crippen molar-refractivity contribution in [2.45, 2.75) is 54.1 Å². The standard InChI is InChI=1S/C27H26F3N5S/c28-27(29,30)19-9-7-8-18(14-19)23-17-26(35-34-23)33-25-16-22(36-21-12-5-2-6-13-21)15-24(32-25)31-20-10-3-1-4-11-20/h2,5-9,12-17,20H,1,3-4,10-11H2,(H3,31,32,33,34,35). The molecule has 4 aromatic rings. The Morgan fingerprint density at radius 2 is 1.58 bits per heavy atom. The highest BCUT2D eigenvalue weighted by atomic mass is 32.2. The van der Waals surface area contributed by atoms with Crippen molar-refractivity contribution in [3.63, 3.8) is 0 Å². The van der Waals surface area contributed by atoms with E-state index < -0.39 is 11.7 Å². The summed E-state index contributed by atoms with van der Waals surface area (Å²) in [5.74, 6) is 1.87. The van der Waals surface area contributed by atoms with Crippen molar-refractivity contribution in [3.05, 3.63) is 78.4 Å². The van der Waals surface area contributed by atoms with E-state index in [1.165, 1.54) is 25.3 Å². The fraction of sp³-hybridized carbons (Fsp3) is 0.259. The van der Waals surface area contributed by atoms with Gasteiger partial charge in [0.05, 0.1) is 11.3 Å². The van der Waals surface area contributed by atoms with E-state index in [2.05, 4.69) is 39.0 Å². The van der Waals surface area contributed by atoms with Gasteiger partial charge in [-0.1, -0.05) is 61.4 Å². The summed E-state index contributed by atoms with van der Waals surface area (Å²) in [7, 11) is 0. The Labute approximate surface area is 211 Å². The molecule has 36 heavy (non-hydrogen) atoms. The van der Waals surface area contributed by atoms with Crippen LogP contribution in [0.25, 0.3) is 11.3 Å². The lowest BCUT2D eigenvalue weighted by atomic mass is 9.95. The van der Waals surface area contributed by atoms with Crippen LogP contribution in [-0.4, -0.2) is 21.2 Å². The molecule has 2 aromatic heterocycles. The number of nitrogens with one attached hydrogen (secondary N) is 3. The van der Waals surface area contributed by atoms with Gasteiger partial charge in [-0.25, -0.2) is 4.98 Å². The third-order valence-corrected chi connectivity index (χ3v) is 7.05.